The van der Waals surface area contributed by atoms with Gasteiger partial charge in [0.2, 0.25) is 0 Å². The summed E-state index contributed by atoms with van der Waals surface area (Å²) >= 11 is 0. The number of amides is 2. The van der Waals surface area contributed by atoms with Gasteiger partial charge >= 0.3 is 0 Å². The van der Waals surface area contributed by atoms with Gasteiger partial charge in [-0.05, 0) is 47.7 Å². The summed E-state index contributed by atoms with van der Waals surface area (Å²) in [6, 6.07) is 25.7. The van der Waals surface area contributed by atoms with Crippen LogP contribution in [0.25, 0.3) is 11.1 Å². The molecule has 1 heterocycles. The lowest BCUT2D eigenvalue weighted by molar-refractivity contribution is -0.133. The fourth-order valence-corrected chi connectivity index (χ4v) is 4.16. The Labute approximate surface area is 195 Å². The van der Waals surface area contributed by atoms with Crippen molar-refractivity contribution in [2.24, 2.45) is 0 Å². The van der Waals surface area contributed by atoms with E-state index < -0.39 is 0 Å². The Morgan fingerprint density at radius 2 is 1.39 bits per heavy atom. The third-order valence-corrected chi connectivity index (χ3v) is 6.08. The van der Waals surface area contributed by atoms with Crippen molar-refractivity contribution in [1.29, 1.82) is 0 Å². The third kappa shape index (κ3) is 5.61. The molecule has 0 atom stereocenters. The summed E-state index contributed by atoms with van der Waals surface area (Å²) in [5.74, 6) is 0.735. The average Bonchev–Trinajstić information content (AvgIpc) is 3.14. The van der Waals surface area contributed by atoms with Gasteiger partial charge in [0.1, 0.15) is 5.75 Å². The summed E-state index contributed by atoms with van der Waals surface area (Å²) in [5, 5.41) is 0. The number of benzene rings is 3. The number of para-hydroxylation sites is 1. The summed E-state index contributed by atoms with van der Waals surface area (Å²) in [6.45, 7) is 4.41. The summed E-state index contributed by atoms with van der Waals surface area (Å²) in [5.41, 5.74) is 3.99. The molecule has 5 nitrogen and oxygen atoms in total. The topological polar surface area (TPSA) is 49.9 Å². The molecule has 33 heavy (non-hydrogen) atoms. The van der Waals surface area contributed by atoms with Gasteiger partial charge in [-0.25, -0.2) is 0 Å². The first kappa shape index (κ1) is 22.6. The number of nitrogens with zero attached hydrogens (tertiary/aromatic N) is 2. The van der Waals surface area contributed by atoms with E-state index in [4.69, 9.17) is 4.74 Å². The molecule has 1 saturated heterocycles. The highest BCUT2D eigenvalue weighted by Crippen LogP contribution is 2.21. The number of aryl methyl sites for hydroxylation is 1. The summed E-state index contributed by atoms with van der Waals surface area (Å²) in [6.07, 6.45) is 1.61. The zero-order valence-electron chi connectivity index (χ0n) is 19.1. The van der Waals surface area contributed by atoms with Crippen LogP contribution in [0.15, 0.2) is 78.9 Å². The van der Waals surface area contributed by atoms with Crippen LogP contribution in [0.2, 0.25) is 0 Å². The van der Waals surface area contributed by atoms with Gasteiger partial charge in [-0.15, -0.1) is 0 Å². The highest BCUT2D eigenvalue weighted by molar-refractivity contribution is 5.94. The zero-order chi connectivity index (χ0) is 23.0. The molecule has 1 aliphatic heterocycles. The minimum absolute atomic E-state index is 0.0111. The number of hydrogen-bond donors (Lipinski definition) is 0. The van der Waals surface area contributed by atoms with E-state index in [9.17, 15) is 9.59 Å². The Bertz CT molecular complexity index is 1080. The van der Waals surface area contributed by atoms with Gasteiger partial charge in [-0.2, -0.15) is 0 Å². The fraction of sp³-hybridized carbons (Fsp3) is 0.286. The molecular weight excluding hydrogens is 412 g/mol. The van der Waals surface area contributed by atoms with Crippen molar-refractivity contribution >= 4 is 11.8 Å². The second-order valence-electron chi connectivity index (χ2n) is 8.22. The van der Waals surface area contributed by atoms with Crippen LogP contribution in [-0.2, 0) is 11.2 Å². The highest BCUT2D eigenvalue weighted by atomic mass is 16.5. The van der Waals surface area contributed by atoms with Gasteiger partial charge < -0.3 is 14.5 Å². The lowest BCUT2D eigenvalue weighted by atomic mass is 10.0. The van der Waals surface area contributed by atoms with Crippen LogP contribution in [0.3, 0.4) is 0 Å². The molecule has 0 aliphatic carbocycles. The van der Waals surface area contributed by atoms with Crippen molar-refractivity contribution in [3.8, 4) is 16.9 Å². The second-order valence-corrected chi connectivity index (χ2v) is 8.22. The van der Waals surface area contributed by atoms with Crippen LogP contribution in [0.4, 0.5) is 0 Å². The molecule has 0 bridgehead atoms. The molecule has 5 heteroatoms. The molecule has 0 radical (unpaired) electrons. The first-order valence-corrected chi connectivity index (χ1v) is 11.6. The molecule has 0 aromatic heterocycles. The fourth-order valence-electron chi connectivity index (χ4n) is 4.16. The van der Waals surface area contributed by atoms with Crippen molar-refractivity contribution < 1.29 is 14.3 Å². The van der Waals surface area contributed by atoms with Crippen LogP contribution >= 0.6 is 0 Å². The Morgan fingerprint density at radius 1 is 0.758 bits per heavy atom. The zero-order valence-corrected chi connectivity index (χ0v) is 19.1. The van der Waals surface area contributed by atoms with Crippen molar-refractivity contribution in [2.75, 3.05) is 32.8 Å². The van der Waals surface area contributed by atoms with Crippen LogP contribution in [0.1, 0.15) is 29.3 Å². The summed E-state index contributed by atoms with van der Waals surface area (Å²) in [4.78, 5) is 29.4. The Morgan fingerprint density at radius 3 is 2.15 bits per heavy atom. The van der Waals surface area contributed by atoms with Crippen molar-refractivity contribution in [3.05, 3.63) is 90.0 Å². The van der Waals surface area contributed by atoms with Gasteiger partial charge in [0.05, 0.1) is 0 Å². The van der Waals surface area contributed by atoms with E-state index in [1.165, 1.54) is 0 Å². The van der Waals surface area contributed by atoms with Crippen LogP contribution in [-0.4, -0.2) is 54.4 Å². The summed E-state index contributed by atoms with van der Waals surface area (Å²) in [7, 11) is 0. The molecular formula is C28H30N2O3. The van der Waals surface area contributed by atoms with Crippen LogP contribution < -0.4 is 4.74 Å². The quantitative estimate of drug-likeness (QED) is 0.557. The number of carbonyl (C=O) groups excluding carboxylic acids is 2. The van der Waals surface area contributed by atoms with Crippen LogP contribution in [0, 0.1) is 0 Å². The molecule has 0 unspecified atom stereocenters. The van der Waals surface area contributed by atoms with Gasteiger partial charge in [0.25, 0.3) is 11.8 Å². The maximum absolute atomic E-state index is 13.1. The first-order valence-electron chi connectivity index (χ1n) is 11.6. The molecule has 170 valence electrons. The predicted molar refractivity (Wildman–Crippen MR) is 130 cm³/mol. The molecule has 0 spiro atoms. The van der Waals surface area contributed by atoms with Crippen molar-refractivity contribution in [1.82, 2.24) is 9.80 Å². The molecule has 1 aliphatic rings. The molecule has 3 aromatic carbocycles. The monoisotopic (exact) mass is 442 g/mol. The van der Waals surface area contributed by atoms with Crippen molar-refractivity contribution in [3.63, 3.8) is 0 Å². The van der Waals surface area contributed by atoms with Gasteiger partial charge in [-0.1, -0.05) is 67.6 Å². The molecule has 1 fully saturated rings. The van der Waals surface area contributed by atoms with E-state index in [1.807, 2.05) is 71.6 Å². The van der Waals surface area contributed by atoms with E-state index in [0.717, 1.165) is 35.3 Å². The minimum atomic E-state index is -0.0394. The van der Waals surface area contributed by atoms with Gasteiger partial charge in [0, 0.05) is 31.7 Å². The maximum atomic E-state index is 13.1. The lowest BCUT2D eigenvalue weighted by Gasteiger charge is -2.22. The normalized spacial score (nSPS) is 14.0. The molecule has 2 amide bonds. The number of rotatable bonds is 6. The first-order chi connectivity index (χ1) is 16.2. The lowest BCUT2D eigenvalue weighted by Crippen LogP contribution is -2.39. The van der Waals surface area contributed by atoms with E-state index in [1.54, 1.807) is 4.90 Å². The van der Waals surface area contributed by atoms with E-state index in [-0.39, 0.29) is 18.4 Å². The maximum Gasteiger partial charge on any atom is 0.260 e. The predicted octanol–water partition coefficient (Wildman–Crippen LogP) is 4.67. The van der Waals surface area contributed by atoms with E-state index in [2.05, 4.69) is 19.1 Å². The number of hydrogen-bond acceptors (Lipinski definition) is 3. The molecule has 3 aromatic rings. The Kier molecular flexibility index (Phi) is 7.40. The van der Waals surface area contributed by atoms with Crippen molar-refractivity contribution in [2.45, 2.75) is 19.8 Å². The molecule has 4 rings (SSSR count). The van der Waals surface area contributed by atoms with E-state index >= 15 is 0 Å². The number of ether oxygens (including phenoxy) is 1. The van der Waals surface area contributed by atoms with Gasteiger partial charge in [0.15, 0.2) is 6.61 Å². The standard InChI is InChI=1S/C28H30N2O3/c1-2-22-9-6-7-12-26(22)33-21-27(31)29-17-8-18-30(20-19-29)28(32)25-15-13-24(14-16-25)23-10-4-3-5-11-23/h3-7,9-16H,2,8,17-21H2,1H3. The second kappa shape index (κ2) is 10.8. The Balaban J connectivity index is 1.32. The average molecular weight is 443 g/mol. The largest absolute Gasteiger partial charge is 0.483 e. The minimum Gasteiger partial charge on any atom is -0.483 e. The molecule has 0 N–H and O–H groups in total. The third-order valence-electron chi connectivity index (χ3n) is 6.08. The van der Waals surface area contributed by atoms with E-state index in [0.29, 0.717) is 31.7 Å². The highest BCUT2D eigenvalue weighted by Gasteiger charge is 2.23. The number of carbonyl (C=O) groups is 2. The van der Waals surface area contributed by atoms with Gasteiger partial charge in [-0.3, -0.25) is 9.59 Å². The molecule has 0 saturated carbocycles. The Hall–Kier alpha value is -3.60. The SMILES string of the molecule is CCc1ccccc1OCC(=O)N1CCCN(C(=O)c2ccc(-c3ccccc3)cc2)CC1. The van der Waals surface area contributed by atoms with Crippen LogP contribution in [0.5, 0.6) is 5.75 Å². The summed E-state index contributed by atoms with van der Waals surface area (Å²) < 4.78 is 5.80. The smallest absolute Gasteiger partial charge is 0.260 e.